The Morgan fingerprint density at radius 1 is 1.23 bits per heavy atom. The molecule has 30 heavy (non-hydrogen) atoms. The number of ether oxygens (including phenoxy) is 1. The fraction of sp³-hybridized carbons (Fsp3) is 0.182. The van der Waals surface area contributed by atoms with Crippen LogP contribution in [0.15, 0.2) is 71.9 Å². The second-order valence-corrected chi connectivity index (χ2v) is 6.76. The molecule has 0 bridgehead atoms. The van der Waals surface area contributed by atoms with Gasteiger partial charge < -0.3 is 10.1 Å². The largest absolute Gasteiger partial charge is 0.438 e. The summed E-state index contributed by atoms with van der Waals surface area (Å²) in [4.78, 5) is 29.0. The maximum atomic E-state index is 12.8. The SMILES string of the molecule is CCC(Nc1c(Cl)cnn(C/C=C/c2ccccc2)c1=O)OC(=O)c1cccnc1. The number of esters is 1. The van der Waals surface area contributed by atoms with Crippen LogP contribution < -0.4 is 10.9 Å². The minimum atomic E-state index is -0.737. The lowest BCUT2D eigenvalue weighted by Gasteiger charge is -2.19. The van der Waals surface area contributed by atoms with Crippen LogP contribution in [0.1, 0.15) is 29.3 Å². The van der Waals surface area contributed by atoms with Crippen molar-refractivity contribution in [1.29, 1.82) is 0 Å². The lowest BCUT2D eigenvalue weighted by atomic mass is 10.2. The number of pyridine rings is 1. The number of hydrogen-bond acceptors (Lipinski definition) is 6. The Labute approximate surface area is 179 Å². The van der Waals surface area contributed by atoms with Crippen molar-refractivity contribution < 1.29 is 9.53 Å². The van der Waals surface area contributed by atoms with Crippen LogP contribution in [0.2, 0.25) is 5.02 Å². The normalized spacial score (nSPS) is 11.9. The van der Waals surface area contributed by atoms with Crippen molar-refractivity contribution in [3.63, 3.8) is 0 Å². The summed E-state index contributed by atoms with van der Waals surface area (Å²) in [6.45, 7) is 2.09. The molecule has 0 fully saturated rings. The number of carbonyl (C=O) groups excluding carboxylic acids is 1. The van der Waals surface area contributed by atoms with Crippen molar-refractivity contribution in [2.24, 2.45) is 0 Å². The van der Waals surface area contributed by atoms with E-state index in [0.29, 0.717) is 12.0 Å². The Hall–Kier alpha value is -3.45. The topological polar surface area (TPSA) is 86.1 Å². The zero-order chi connectivity index (χ0) is 21.3. The van der Waals surface area contributed by atoms with Crippen LogP contribution >= 0.6 is 11.6 Å². The van der Waals surface area contributed by atoms with E-state index in [-0.39, 0.29) is 17.3 Å². The van der Waals surface area contributed by atoms with Gasteiger partial charge in [0.1, 0.15) is 5.69 Å². The van der Waals surface area contributed by atoms with Crippen LogP contribution in [0, 0.1) is 0 Å². The average Bonchev–Trinajstić information content (AvgIpc) is 2.78. The number of carbonyl (C=O) groups is 1. The van der Waals surface area contributed by atoms with Gasteiger partial charge in [0, 0.05) is 18.8 Å². The van der Waals surface area contributed by atoms with Gasteiger partial charge in [0.15, 0.2) is 6.23 Å². The molecule has 2 aromatic heterocycles. The quantitative estimate of drug-likeness (QED) is 0.434. The fourth-order valence-electron chi connectivity index (χ4n) is 2.64. The highest BCUT2D eigenvalue weighted by atomic mass is 35.5. The molecule has 1 unspecified atom stereocenters. The number of nitrogens with zero attached hydrogens (tertiary/aromatic N) is 3. The summed E-state index contributed by atoms with van der Waals surface area (Å²) in [5.41, 5.74) is 1.06. The van der Waals surface area contributed by atoms with E-state index in [9.17, 15) is 9.59 Å². The van der Waals surface area contributed by atoms with E-state index in [1.165, 1.54) is 17.1 Å². The minimum Gasteiger partial charge on any atom is -0.438 e. The molecule has 2 heterocycles. The summed E-state index contributed by atoms with van der Waals surface area (Å²) in [7, 11) is 0. The maximum absolute atomic E-state index is 12.8. The molecule has 0 spiro atoms. The molecule has 7 nitrogen and oxygen atoms in total. The number of nitrogens with one attached hydrogen (secondary N) is 1. The number of rotatable bonds is 8. The molecule has 1 aromatic carbocycles. The number of aromatic nitrogens is 3. The molecule has 1 atom stereocenters. The Morgan fingerprint density at radius 2 is 2.03 bits per heavy atom. The summed E-state index contributed by atoms with van der Waals surface area (Å²) in [6, 6.07) is 13.0. The highest BCUT2D eigenvalue weighted by molar-refractivity contribution is 6.33. The molecule has 0 radical (unpaired) electrons. The summed E-state index contributed by atoms with van der Waals surface area (Å²) in [5.74, 6) is -0.543. The van der Waals surface area contributed by atoms with Gasteiger partial charge in [-0.15, -0.1) is 0 Å². The lowest BCUT2D eigenvalue weighted by Crippen LogP contribution is -2.32. The second kappa shape index (κ2) is 10.4. The van der Waals surface area contributed by atoms with E-state index in [1.807, 2.05) is 49.4 Å². The lowest BCUT2D eigenvalue weighted by molar-refractivity contribution is 0.0352. The molecule has 3 aromatic rings. The molecule has 8 heteroatoms. The molecular formula is C22H21ClN4O3. The van der Waals surface area contributed by atoms with Gasteiger partial charge in [0.25, 0.3) is 5.56 Å². The van der Waals surface area contributed by atoms with E-state index in [4.69, 9.17) is 16.3 Å². The second-order valence-electron chi connectivity index (χ2n) is 6.36. The minimum absolute atomic E-state index is 0.130. The standard InChI is InChI=1S/C22H21ClN4O3/c1-2-19(30-22(29)17-11-6-12-24-14-17)26-20-18(23)15-25-27(21(20)28)13-7-10-16-8-4-3-5-9-16/h3-12,14-15,19,26H,2,13H2,1H3/b10-7+. The van der Waals surface area contributed by atoms with E-state index in [0.717, 1.165) is 5.56 Å². The van der Waals surface area contributed by atoms with Crippen LogP contribution in [-0.2, 0) is 11.3 Å². The zero-order valence-corrected chi connectivity index (χ0v) is 17.1. The van der Waals surface area contributed by atoms with Gasteiger partial charge >= 0.3 is 5.97 Å². The third kappa shape index (κ3) is 5.55. The van der Waals surface area contributed by atoms with Crippen LogP contribution in [0.4, 0.5) is 5.69 Å². The van der Waals surface area contributed by atoms with Gasteiger partial charge in [-0.25, -0.2) is 9.48 Å². The molecule has 0 amide bonds. The first-order chi connectivity index (χ1) is 14.6. The fourth-order valence-corrected chi connectivity index (χ4v) is 2.82. The molecule has 0 aliphatic carbocycles. The van der Waals surface area contributed by atoms with Gasteiger partial charge in [0.05, 0.1) is 23.3 Å². The number of hydrogen-bond donors (Lipinski definition) is 1. The van der Waals surface area contributed by atoms with Crippen LogP contribution in [0.25, 0.3) is 6.08 Å². The van der Waals surface area contributed by atoms with Crippen molar-refractivity contribution >= 4 is 29.3 Å². The van der Waals surface area contributed by atoms with Gasteiger partial charge in [-0.1, -0.05) is 61.0 Å². The monoisotopic (exact) mass is 424 g/mol. The molecule has 0 aliphatic rings. The molecule has 0 aliphatic heterocycles. The molecule has 1 N–H and O–H groups in total. The van der Waals surface area contributed by atoms with Crippen LogP contribution in [-0.4, -0.2) is 27.0 Å². The predicted molar refractivity (Wildman–Crippen MR) is 116 cm³/mol. The Balaban J connectivity index is 1.73. The van der Waals surface area contributed by atoms with Crippen molar-refractivity contribution in [2.75, 3.05) is 5.32 Å². The number of anilines is 1. The first-order valence-electron chi connectivity index (χ1n) is 9.43. The van der Waals surface area contributed by atoms with Gasteiger partial charge in [-0.2, -0.15) is 5.10 Å². The summed E-state index contributed by atoms with van der Waals surface area (Å²) < 4.78 is 6.73. The average molecular weight is 425 g/mol. The molecule has 154 valence electrons. The first-order valence-corrected chi connectivity index (χ1v) is 9.81. The van der Waals surface area contributed by atoms with Gasteiger partial charge in [-0.05, 0) is 17.7 Å². The summed E-state index contributed by atoms with van der Waals surface area (Å²) >= 11 is 6.18. The Bertz CT molecular complexity index is 1070. The number of allylic oxidation sites excluding steroid dienone is 1. The number of halogens is 1. The molecule has 0 saturated heterocycles. The van der Waals surface area contributed by atoms with E-state index in [2.05, 4.69) is 15.4 Å². The van der Waals surface area contributed by atoms with Crippen LogP contribution in [0.3, 0.4) is 0 Å². The van der Waals surface area contributed by atoms with Crippen molar-refractivity contribution in [1.82, 2.24) is 14.8 Å². The van der Waals surface area contributed by atoms with E-state index >= 15 is 0 Å². The molecule has 3 rings (SSSR count). The Kier molecular flexibility index (Phi) is 7.34. The van der Waals surface area contributed by atoms with Crippen LogP contribution in [0.5, 0.6) is 0 Å². The van der Waals surface area contributed by atoms with Gasteiger partial charge in [0.2, 0.25) is 0 Å². The smallest absolute Gasteiger partial charge is 0.341 e. The van der Waals surface area contributed by atoms with E-state index in [1.54, 1.807) is 18.3 Å². The highest BCUT2D eigenvalue weighted by Crippen LogP contribution is 2.18. The van der Waals surface area contributed by atoms with E-state index < -0.39 is 17.8 Å². The molecular weight excluding hydrogens is 404 g/mol. The Morgan fingerprint density at radius 3 is 2.73 bits per heavy atom. The molecule has 0 saturated carbocycles. The number of benzene rings is 1. The third-order valence-electron chi connectivity index (χ3n) is 4.21. The van der Waals surface area contributed by atoms with Crippen molar-refractivity contribution in [3.05, 3.63) is 93.6 Å². The summed E-state index contributed by atoms with van der Waals surface area (Å²) in [5, 5.41) is 7.15. The summed E-state index contributed by atoms with van der Waals surface area (Å²) in [6.07, 6.45) is 7.80. The van der Waals surface area contributed by atoms with Gasteiger partial charge in [-0.3, -0.25) is 9.78 Å². The highest BCUT2D eigenvalue weighted by Gasteiger charge is 2.18. The van der Waals surface area contributed by atoms with Crippen molar-refractivity contribution in [3.8, 4) is 0 Å². The van der Waals surface area contributed by atoms with Crippen molar-refractivity contribution in [2.45, 2.75) is 26.1 Å². The zero-order valence-electron chi connectivity index (χ0n) is 16.4. The first kappa shape index (κ1) is 21.3. The predicted octanol–water partition coefficient (Wildman–Crippen LogP) is 4.01. The maximum Gasteiger partial charge on any atom is 0.341 e. The third-order valence-corrected chi connectivity index (χ3v) is 4.50.